The highest BCUT2D eigenvalue weighted by Crippen LogP contribution is 2.21. The van der Waals surface area contributed by atoms with Gasteiger partial charge in [0.25, 0.3) is 0 Å². The third-order valence-electron chi connectivity index (χ3n) is 3.81. The molecule has 0 aromatic heterocycles. The molecule has 1 aliphatic carbocycles. The zero-order valence-corrected chi connectivity index (χ0v) is 10.2. The van der Waals surface area contributed by atoms with Crippen LogP contribution in [-0.2, 0) is 4.74 Å². The summed E-state index contributed by atoms with van der Waals surface area (Å²) in [5.74, 6) is 0. The molecular weight excluding hydrogens is 202 g/mol. The smallest absolute Gasteiger partial charge is 0.0577 e. The Labute approximate surface area is 98.8 Å². The van der Waals surface area contributed by atoms with Crippen LogP contribution in [0.5, 0.6) is 0 Å². The Morgan fingerprint density at radius 2 is 1.75 bits per heavy atom. The minimum atomic E-state index is -0.0653. The Bertz CT molecular complexity index is 184. The van der Waals surface area contributed by atoms with Crippen LogP contribution in [0.25, 0.3) is 0 Å². The fourth-order valence-corrected chi connectivity index (χ4v) is 2.76. The highest BCUT2D eigenvalue weighted by Gasteiger charge is 2.19. The molecule has 0 atom stereocenters. The van der Waals surface area contributed by atoms with E-state index in [-0.39, 0.29) is 6.10 Å². The largest absolute Gasteiger partial charge is 0.393 e. The molecule has 0 unspecified atom stereocenters. The lowest BCUT2D eigenvalue weighted by Crippen LogP contribution is -2.26. The van der Waals surface area contributed by atoms with Gasteiger partial charge in [-0.1, -0.05) is 0 Å². The van der Waals surface area contributed by atoms with Crippen molar-refractivity contribution in [1.29, 1.82) is 0 Å². The van der Waals surface area contributed by atoms with Crippen molar-refractivity contribution in [3.05, 3.63) is 0 Å². The van der Waals surface area contributed by atoms with Crippen LogP contribution in [0, 0.1) is 0 Å². The van der Waals surface area contributed by atoms with Gasteiger partial charge in [-0.05, 0) is 58.0 Å². The first-order valence-electron chi connectivity index (χ1n) is 6.86. The minimum absolute atomic E-state index is 0.0653. The van der Waals surface area contributed by atoms with Gasteiger partial charge in [-0.3, -0.25) is 0 Å². The van der Waals surface area contributed by atoms with Crippen molar-refractivity contribution < 1.29 is 9.84 Å². The van der Waals surface area contributed by atoms with Gasteiger partial charge in [-0.15, -0.1) is 0 Å². The molecule has 2 aliphatic rings. The number of nitrogens with zero attached hydrogens (tertiary/aromatic N) is 1. The van der Waals surface area contributed by atoms with E-state index in [4.69, 9.17) is 4.74 Å². The lowest BCUT2D eigenvalue weighted by atomic mass is 9.95. The Morgan fingerprint density at radius 1 is 1.06 bits per heavy atom. The van der Waals surface area contributed by atoms with Gasteiger partial charge in [0, 0.05) is 13.2 Å². The van der Waals surface area contributed by atoms with E-state index in [0.717, 1.165) is 32.3 Å². The lowest BCUT2D eigenvalue weighted by molar-refractivity contribution is -0.00561. The second-order valence-corrected chi connectivity index (χ2v) is 5.20. The summed E-state index contributed by atoms with van der Waals surface area (Å²) < 4.78 is 5.85. The van der Waals surface area contributed by atoms with Crippen molar-refractivity contribution in [3.8, 4) is 0 Å². The number of likely N-dealkylation sites (tertiary alicyclic amines) is 1. The maximum Gasteiger partial charge on any atom is 0.0577 e. The molecule has 1 N–H and O–H groups in total. The van der Waals surface area contributed by atoms with Gasteiger partial charge >= 0.3 is 0 Å². The average molecular weight is 227 g/mol. The van der Waals surface area contributed by atoms with Crippen LogP contribution in [0.4, 0.5) is 0 Å². The van der Waals surface area contributed by atoms with Crippen molar-refractivity contribution in [1.82, 2.24) is 4.90 Å². The molecule has 1 aliphatic heterocycles. The van der Waals surface area contributed by atoms with Crippen molar-refractivity contribution >= 4 is 0 Å². The second-order valence-electron chi connectivity index (χ2n) is 5.20. The van der Waals surface area contributed by atoms with Gasteiger partial charge in [-0.25, -0.2) is 0 Å². The van der Waals surface area contributed by atoms with Crippen molar-refractivity contribution in [2.24, 2.45) is 0 Å². The number of aliphatic hydroxyl groups excluding tert-OH is 1. The number of ether oxygens (including phenoxy) is 1. The summed E-state index contributed by atoms with van der Waals surface area (Å²) in [6.07, 6.45) is 8.22. The molecule has 2 rings (SSSR count). The molecule has 94 valence electrons. The minimum Gasteiger partial charge on any atom is -0.393 e. The standard InChI is InChI=1S/C13H25NO2/c15-12-4-6-13(7-5-12)16-11-3-10-14-8-1-2-9-14/h12-13,15H,1-11H2. The molecule has 16 heavy (non-hydrogen) atoms. The van der Waals surface area contributed by atoms with Crippen LogP contribution < -0.4 is 0 Å². The first-order valence-corrected chi connectivity index (χ1v) is 6.86. The molecule has 1 saturated heterocycles. The molecule has 2 fully saturated rings. The molecule has 3 nitrogen and oxygen atoms in total. The van der Waals surface area contributed by atoms with Crippen LogP contribution in [0.3, 0.4) is 0 Å². The van der Waals surface area contributed by atoms with Crippen molar-refractivity contribution in [2.45, 2.75) is 57.2 Å². The third kappa shape index (κ3) is 4.04. The van der Waals surface area contributed by atoms with Gasteiger partial charge in [0.2, 0.25) is 0 Å². The first-order chi connectivity index (χ1) is 7.84. The molecular formula is C13H25NO2. The highest BCUT2D eigenvalue weighted by atomic mass is 16.5. The Morgan fingerprint density at radius 3 is 2.44 bits per heavy atom. The fourth-order valence-electron chi connectivity index (χ4n) is 2.76. The van der Waals surface area contributed by atoms with E-state index >= 15 is 0 Å². The first kappa shape index (κ1) is 12.3. The zero-order chi connectivity index (χ0) is 11.2. The summed E-state index contributed by atoms with van der Waals surface area (Å²) in [4.78, 5) is 2.54. The number of hydrogen-bond acceptors (Lipinski definition) is 3. The normalized spacial score (nSPS) is 32.1. The maximum atomic E-state index is 9.38. The van der Waals surface area contributed by atoms with Gasteiger partial charge in [0.1, 0.15) is 0 Å². The van der Waals surface area contributed by atoms with E-state index in [0.29, 0.717) is 6.10 Å². The summed E-state index contributed by atoms with van der Waals surface area (Å²) in [6, 6.07) is 0. The third-order valence-corrected chi connectivity index (χ3v) is 3.81. The van der Waals surface area contributed by atoms with Gasteiger partial charge in [-0.2, -0.15) is 0 Å². The van der Waals surface area contributed by atoms with Crippen LogP contribution in [0.2, 0.25) is 0 Å². The number of aliphatic hydroxyl groups is 1. The summed E-state index contributed by atoms with van der Waals surface area (Å²) in [6.45, 7) is 4.68. The van der Waals surface area contributed by atoms with Crippen LogP contribution >= 0.6 is 0 Å². The molecule has 0 aromatic carbocycles. The van der Waals surface area contributed by atoms with Crippen LogP contribution in [0.15, 0.2) is 0 Å². The summed E-state index contributed by atoms with van der Waals surface area (Å²) in [7, 11) is 0. The topological polar surface area (TPSA) is 32.7 Å². The molecule has 1 heterocycles. The van der Waals surface area contributed by atoms with Gasteiger partial charge in [0.05, 0.1) is 12.2 Å². The Balaban J connectivity index is 1.48. The van der Waals surface area contributed by atoms with E-state index in [1.807, 2.05) is 0 Å². The van der Waals surface area contributed by atoms with E-state index in [1.165, 1.54) is 38.9 Å². The monoisotopic (exact) mass is 227 g/mol. The SMILES string of the molecule is OC1CCC(OCCCN2CCCC2)CC1. The Hall–Kier alpha value is -0.120. The number of rotatable bonds is 5. The number of hydrogen-bond donors (Lipinski definition) is 1. The molecule has 0 bridgehead atoms. The second kappa shape index (κ2) is 6.58. The zero-order valence-electron chi connectivity index (χ0n) is 10.2. The molecule has 0 spiro atoms. The lowest BCUT2D eigenvalue weighted by Gasteiger charge is -2.25. The van der Waals surface area contributed by atoms with E-state index < -0.39 is 0 Å². The quantitative estimate of drug-likeness (QED) is 0.727. The average Bonchev–Trinajstić information content (AvgIpc) is 2.80. The predicted molar refractivity (Wildman–Crippen MR) is 64.5 cm³/mol. The highest BCUT2D eigenvalue weighted by molar-refractivity contribution is 4.72. The summed E-state index contributed by atoms with van der Waals surface area (Å²) in [5.41, 5.74) is 0. The van der Waals surface area contributed by atoms with E-state index in [1.54, 1.807) is 0 Å². The fraction of sp³-hybridized carbons (Fsp3) is 1.00. The van der Waals surface area contributed by atoms with Crippen LogP contribution in [0.1, 0.15) is 44.9 Å². The van der Waals surface area contributed by atoms with Gasteiger partial charge in [0.15, 0.2) is 0 Å². The Kier molecular flexibility index (Phi) is 5.07. The summed E-state index contributed by atoms with van der Waals surface area (Å²) >= 11 is 0. The van der Waals surface area contributed by atoms with E-state index in [9.17, 15) is 5.11 Å². The molecule has 0 radical (unpaired) electrons. The van der Waals surface area contributed by atoms with Crippen molar-refractivity contribution in [2.75, 3.05) is 26.2 Å². The molecule has 0 amide bonds. The van der Waals surface area contributed by atoms with Crippen LogP contribution in [-0.4, -0.2) is 48.5 Å². The molecule has 0 aromatic rings. The predicted octanol–water partition coefficient (Wildman–Crippen LogP) is 1.79. The molecule has 3 heteroatoms. The summed E-state index contributed by atoms with van der Waals surface area (Å²) in [5, 5.41) is 9.38. The van der Waals surface area contributed by atoms with Crippen molar-refractivity contribution in [3.63, 3.8) is 0 Å². The maximum absolute atomic E-state index is 9.38. The van der Waals surface area contributed by atoms with Gasteiger partial charge < -0.3 is 14.7 Å². The molecule has 1 saturated carbocycles. The van der Waals surface area contributed by atoms with E-state index in [2.05, 4.69) is 4.90 Å².